The summed E-state index contributed by atoms with van der Waals surface area (Å²) >= 11 is 0. The molecule has 3 rings (SSSR count). The summed E-state index contributed by atoms with van der Waals surface area (Å²) in [6.45, 7) is 11.7. The van der Waals surface area contributed by atoms with Gasteiger partial charge in [-0.15, -0.1) is 0 Å². The minimum atomic E-state index is -4.53. The van der Waals surface area contributed by atoms with Gasteiger partial charge in [0, 0.05) is 31.2 Å². The summed E-state index contributed by atoms with van der Waals surface area (Å²) in [5.74, 6) is 1.35. The molecular formula is C32H44F3N5O2. The Balaban J connectivity index is 0.000000374. The fourth-order valence-electron chi connectivity index (χ4n) is 4.82. The van der Waals surface area contributed by atoms with Crippen LogP contribution in [0.4, 0.5) is 23.8 Å². The van der Waals surface area contributed by atoms with E-state index < -0.39 is 18.9 Å². The Morgan fingerprint density at radius 1 is 1.24 bits per heavy atom. The summed E-state index contributed by atoms with van der Waals surface area (Å²) in [5.41, 5.74) is 5.19. The van der Waals surface area contributed by atoms with Crippen LogP contribution in [0, 0.1) is 24.2 Å². The third-order valence-corrected chi connectivity index (χ3v) is 6.98. The van der Waals surface area contributed by atoms with E-state index in [0.29, 0.717) is 19.0 Å². The minimum absolute atomic E-state index is 0.273. The first-order valence-corrected chi connectivity index (χ1v) is 14.6. The van der Waals surface area contributed by atoms with Gasteiger partial charge in [-0.1, -0.05) is 44.1 Å². The van der Waals surface area contributed by atoms with E-state index in [4.69, 9.17) is 5.26 Å². The van der Waals surface area contributed by atoms with Crippen molar-refractivity contribution >= 4 is 17.5 Å². The fraction of sp³-hybridized carbons (Fsp3) is 0.562. The van der Waals surface area contributed by atoms with Crippen molar-refractivity contribution in [2.45, 2.75) is 85.9 Å². The summed E-state index contributed by atoms with van der Waals surface area (Å²) in [5, 5.41) is 8.85. The lowest BCUT2D eigenvalue weighted by molar-refractivity contribution is -0.162. The highest BCUT2D eigenvalue weighted by atomic mass is 19.4. The zero-order valence-corrected chi connectivity index (χ0v) is 25.7. The van der Waals surface area contributed by atoms with Crippen LogP contribution >= 0.6 is 0 Å². The first-order chi connectivity index (χ1) is 19.9. The third-order valence-electron chi connectivity index (χ3n) is 6.98. The number of hydrogen-bond acceptors (Lipinski definition) is 6. The van der Waals surface area contributed by atoms with Gasteiger partial charge in [0.25, 0.3) is 0 Å². The second-order valence-electron chi connectivity index (χ2n) is 10.6. The van der Waals surface area contributed by atoms with E-state index in [9.17, 15) is 18.0 Å². The Morgan fingerprint density at radius 3 is 2.50 bits per heavy atom. The van der Waals surface area contributed by atoms with Gasteiger partial charge in [0.1, 0.15) is 12.1 Å². The van der Waals surface area contributed by atoms with Gasteiger partial charge in [-0.3, -0.25) is 0 Å². The lowest BCUT2D eigenvalue weighted by Crippen LogP contribution is -2.55. The molecule has 1 atom stereocenters. The Bertz CT molecular complexity index is 1210. The molecule has 0 N–H and O–H groups in total. The maximum atomic E-state index is 12.3. The number of nitrogens with zero attached hydrogens (tertiary/aromatic N) is 5. The molecule has 1 saturated carbocycles. The van der Waals surface area contributed by atoms with Crippen LogP contribution in [0.25, 0.3) is 5.57 Å². The van der Waals surface area contributed by atoms with Gasteiger partial charge in [0.15, 0.2) is 6.61 Å². The molecule has 42 heavy (non-hydrogen) atoms. The number of piperazine rings is 1. The average molecular weight is 588 g/mol. The normalized spacial score (nSPS) is 18.5. The average Bonchev–Trinajstić information content (AvgIpc) is 3.78. The fourth-order valence-corrected chi connectivity index (χ4v) is 4.82. The van der Waals surface area contributed by atoms with Crippen molar-refractivity contribution in [2.24, 2.45) is 5.92 Å². The lowest BCUT2D eigenvalue weighted by Gasteiger charge is -2.40. The van der Waals surface area contributed by atoms with E-state index in [-0.39, 0.29) is 12.6 Å². The Kier molecular flexibility index (Phi) is 13.8. The van der Waals surface area contributed by atoms with Crippen LogP contribution in [0.3, 0.4) is 0 Å². The molecule has 1 aliphatic heterocycles. The van der Waals surface area contributed by atoms with E-state index in [1.165, 1.54) is 22.4 Å². The zero-order chi connectivity index (χ0) is 31.3. The molecule has 230 valence electrons. The van der Waals surface area contributed by atoms with Crippen molar-refractivity contribution in [1.29, 1.82) is 5.26 Å². The molecular weight excluding hydrogens is 543 g/mol. The SMILES string of the molecule is C/C=C(\c1c(C)ncnc1N1CCN(C(=O)OCC(F)(F)F)C(C)C1)C1CC1.CC/C=C/C=C(C#N)\C=C(/C)CCC. The standard InChI is InChI=1S/C19H25F3N4O2.C13H19N/c1-4-15(14-5-6-14)16-13(3)23-11-24-17(16)25-7-8-26(12(2)9-25)18(27)28-10-19(20,21)22;1-4-6-7-9-13(11-14)10-12(3)8-5-2/h4,11-12,14H,5-10H2,1-3H3;6-7,9-10H,4-5,8H2,1-3H3/b15-4-;7-6+,12-10+,13-9+. The van der Waals surface area contributed by atoms with Crippen LogP contribution < -0.4 is 4.90 Å². The minimum Gasteiger partial charge on any atom is -0.440 e. The van der Waals surface area contributed by atoms with Gasteiger partial charge in [-0.2, -0.15) is 18.4 Å². The van der Waals surface area contributed by atoms with Crippen LogP contribution in [0.15, 0.2) is 47.9 Å². The number of anilines is 1. The molecule has 2 aliphatic rings. The molecule has 1 aliphatic carbocycles. The molecule has 2 fully saturated rings. The maximum Gasteiger partial charge on any atom is 0.422 e. The number of rotatable bonds is 9. The number of halogens is 3. The summed E-state index contributed by atoms with van der Waals surface area (Å²) < 4.78 is 41.3. The molecule has 10 heteroatoms. The summed E-state index contributed by atoms with van der Waals surface area (Å²) in [6, 6.07) is 1.89. The maximum absolute atomic E-state index is 12.3. The highest BCUT2D eigenvalue weighted by Gasteiger charge is 2.36. The zero-order valence-electron chi connectivity index (χ0n) is 25.7. The van der Waals surface area contributed by atoms with Gasteiger partial charge in [-0.05, 0) is 77.0 Å². The molecule has 0 bridgehead atoms. The van der Waals surface area contributed by atoms with Crippen molar-refractivity contribution in [3.05, 3.63) is 59.1 Å². The number of amides is 1. The van der Waals surface area contributed by atoms with Gasteiger partial charge >= 0.3 is 12.3 Å². The Labute approximate surface area is 248 Å². The van der Waals surface area contributed by atoms with Crippen molar-refractivity contribution in [1.82, 2.24) is 14.9 Å². The second kappa shape index (κ2) is 16.7. The van der Waals surface area contributed by atoms with Gasteiger partial charge in [-0.25, -0.2) is 14.8 Å². The van der Waals surface area contributed by atoms with Crippen molar-refractivity contribution in [2.75, 3.05) is 31.1 Å². The predicted octanol–water partition coefficient (Wildman–Crippen LogP) is 7.96. The predicted molar refractivity (Wildman–Crippen MR) is 161 cm³/mol. The number of carbonyl (C=O) groups is 1. The summed E-state index contributed by atoms with van der Waals surface area (Å²) in [4.78, 5) is 24.3. The van der Waals surface area contributed by atoms with E-state index >= 15 is 0 Å². The van der Waals surface area contributed by atoms with E-state index in [2.05, 4.69) is 52.5 Å². The van der Waals surface area contributed by atoms with E-state index in [1.807, 2.05) is 38.2 Å². The molecule has 2 heterocycles. The molecule has 1 aromatic heterocycles. The molecule has 1 aromatic rings. The number of hydrogen-bond donors (Lipinski definition) is 0. The van der Waals surface area contributed by atoms with E-state index in [1.54, 1.807) is 6.92 Å². The van der Waals surface area contributed by atoms with Crippen LogP contribution in [0.5, 0.6) is 0 Å². The molecule has 1 saturated heterocycles. The Hall–Kier alpha value is -3.61. The first-order valence-electron chi connectivity index (χ1n) is 14.6. The second-order valence-corrected chi connectivity index (χ2v) is 10.6. The van der Waals surface area contributed by atoms with Crippen LogP contribution in [-0.2, 0) is 4.74 Å². The summed E-state index contributed by atoms with van der Waals surface area (Å²) in [7, 11) is 0. The van der Waals surface area contributed by atoms with Gasteiger partial charge in [0.2, 0.25) is 0 Å². The largest absolute Gasteiger partial charge is 0.440 e. The Morgan fingerprint density at radius 2 is 1.95 bits per heavy atom. The monoisotopic (exact) mass is 587 g/mol. The number of alkyl halides is 3. The molecule has 1 amide bonds. The molecule has 0 spiro atoms. The van der Waals surface area contributed by atoms with Crippen LogP contribution in [-0.4, -0.2) is 59.4 Å². The highest BCUT2D eigenvalue weighted by molar-refractivity contribution is 5.79. The van der Waals surface area contributed by atoms with Crippen molar-refractivity contribution in [3.63, 3.8) is 0 Å². The number of aryl methyl sites for hydroxylation is 1. The molecule has 0 aromatic carbocycles. The quantitative estimate of drug-likeness (QED) is 0.215. The van der Waals surface area contributed by atoms with Gasteiger partial charge < -0.3 is 14.5 Å². The van der Waals surface area contributed by atoms with Gasteiger partial charge in [0.05, 0.1) is 17.3 Å². The molecule has 7 nitrogen and oxygen atoms in total. The van der Waals surface area contributed by atoms with E-state index in [0.717, 1.165) is 54.8 Å². The summed E-state index contributed by atoms with van der Waals surface area (Å²) in [6.07, 6.45) is 11.5. The van der Waals surface area contributed by atoms with Crippen LogP contribution in [0.1, 0.15) is 78.0 Å². The molecule has 0 radical (unpaired) electrons. The highest BCUT2D eigenvalue weighted by Crippen LogP contribution is 2.45. The van der Waals surface area contributed by atoms with Crippen molar-refractivity contribution < 1.29 is 22.7 Å². The smallest absolute Gasteiger partial charge is 0.422 e. The number of carbonyl (C=O) groups excluding carboxylic acids is 1. The third kappa shape index (κ3) is 11.0. The topological polar surface area (TPSA) is 82.3 Å². The number of ether oxygens (including phenoxy) is 1. The number of aromatic nitrogens is 2. The number of nitriles is 1. The number of allylic oxidation sites excluding steroid dienone is 8. The van der Waals surface area contributed by atoms with Crippen LogP contribution in [0.2, 0.25) is 0 Å². The molecule has 1 unspecified atom stereocenters. The van der Waals surface area contributed by atoms with Crippen molar-refractivity contribution in [3.8, 4) is 6.07 Å². The first kappa shape index (κ1) is 34.6. The lowest BCUT2D eigenvalue weighted by atomic mass is 9.99.